The topological polar surface area (TPSA) is 54.0 Å². The van der Waals surface area contributed by atoms with Crippen LogP contribution in [0, 0.1) is 0 Å². The van der Waals surface area contributed by atoms with Crippen molar-refractivity contribution < 1.29 is 4.79 Å². The lowest BCUT2D eigenvalue weighted by Crippen LogP contribution is -2.37. The number of fused-ring (bicyclic) bond motifs is 2. The molecule has 126 valence electrons. The van der Waals surface area contributed by atoms with Crippen molar-refractivity contribution in [2.24, 2.45) is 0 Å². The first-order chi connectivity index (χ1) is 12.3. The number of nitrogens with one attached hydrogen (secondary N) is 2. The molecule has 2 N–H and O–H groups in total. The van der Waals surface area contributed by atoms with E-state index in [9.17, 15) is 4.79 Å². The Morgan fingerprint density at radius 1 is 1.12 bits per heavy atom. The molecular formula is C21H21N3O. The molecule has 0 saturated heterocycles. The van der Waals surface area contributed by atoms with E-state index in [0.29, 0.717) is 18.9 Å². The zero-order chi connectivity index (χ0) is 17.1. The summed E-state index contributed by atoms with van der Waals surface area (Å²) in [4.78, 5) is 16.8. The Labute approximate surface area is 147 Å². The van der Waals surface area contributed by atoms with Crippen LogP contribution >= 0.6 is 0 Å². The van der Waals surface area contributed by atoms with Crippen LogP contribution in [-0.2, 0) is 17.8 Å². The number of rotatable bonds is 4. The second-order valence-electron chi connectivity index (χ2n) is 6.49. The third kappa shape index (κ3) is 3.39. The fourth-order valence-electron chi connectivity index (χ4n) is 3.56. The minimum absolute atomic E-state index is 0.0550. The van der Waals surface area contributed by atoms with Crippen LogP contribution < -0.4 is 10.6 Å². The van der Waals surface area contributed by atoms with Gasteiger partial charge in [0.1, 0.15) is 0 Å². The zero-order valence-corrected chi connectivity index (χ0v) is 14.0. The fraction of sp³-hybridized carbons (Fsp3) is 0.238. The highest BCUT2D eigenvalue weighted by molar-refractivity contribution is 5.88. The van der Waals surface area contributed by atoms with E-state index < -0.39 is 0 Å². The van der Waals surface area contributed by atoms with Crippen LogP contribution in [-0.4, -0.2) is 24.0 Å². The Balaban J connectivity index is 1.43. The second-order valence-corrected chi connectivity index (χ2v) is 6.49. The molecule has 0 spiro atoms. The van der Waals surface area contributed by atoms with Crippen LogP contribution in [0.3, 0.4) is 0 Å². The van der Waals surface area contributed by atoms with Crippen molar-refractivity contribution >= 4 is 16.8 Å². The molecule has 0 fully saturated rings. The molecule has 1 unspecified atom stereocenters. The summed E-state index contributed by atoms with van der Waals surface area (Å²) in [6, 6.07) is 18.3. The molecule has 1 aliphatic rings. The molecule has 2 heterocycles. The molecule has 0 aliphatic carbocycles. The maximum Gasteiger partial charge on any atom is 0.224 e. The summed E-state index contributed by atoms with van der Waals surface area (Å²) in [5.41, 5.74) is 4.62. The summed E-state index contributed by atoms with van der Waals surface area (Å²) in [6.07, 6.45) is 2.16. The van der Waals surface area contributed by atoms with Crippen LogP contribution in [0.15, 0.2) is 60.8 Å². The van der Waals surface area contributed by atoms with Crippen molar-refractivity contribution in [1.82, 2.24) is 15.6 Å². The average Bonchev–Trinajstić information content (AvgIpc) is 2.66. The van der Waals surface area contributed by atoms with Crippen LogP contribution in [0.5, 0.6) is 0 Å². The van der Waals surface area contributed by atoms with Gasteiger partial charge in [-0.15, -0.1) is 0 Å². The van der Waals surface area contributed by atoms with Gasteiger partial charge in [-0.3, -0.25) is 9.78 Å². The highest BCUT2D eigenvalue weighted by Gasteiger charge is 2.20. The Morgan fingerprint density at radius 2 is 2.04 bits per heavy atom. The van der Waals surface area contributed by atoms with Gasteiger partial charge in [-0.25, -0.2) is 0 Å². The van der Waals surface area contributed by atoms with Gasteiger partial charge in [0.05, 0.1) is 11.9 Å². The summed E-state index contributed by atoms with van der Waals surface area (Å²) in [5.74, 6) is 0.377. The van der Waals surface area contributed by atoms with Gasteiger partial charge in [-0.2, -0.15) is 0 Å². The molecule has 1 atom stereocenters. The number of aromatic nitrogens is 1. The minimum Gasteiger partial charge on any atom is -0.355 e. The Hall–Kier alpha value is -2.72. The van der Waals surface area contributed by atoms with E-state index >= 15 is 0 Å². The molecule has 0 radical (unpaired) electrons. The molecule has 2 aromatic carbocycles. The highest BCUT2D eigenvalue weighted by atomic mass is 16.1. The van der Waals surface area contributed by atoms with Gasteiger partial charge in [0.25, 0.3) is 0 Å². The zero-order valence-electron chi connectivity index (χ0n) is 14.0. The predicted octanol–water partition coefficient (Wildman–Crippen LogP) is 2.78. The Kier molecular flexibility index (Phi) is 4.44. The van der Waals surface area contributed by atoms with E-state index in [4.69, 9.17) is 0 Å². The summed E-state index contributed by atoms with van der Waals surface area (Å²) in [6.45, 7) is 2.46. The summed E-state index contributed by atoms with van der Waals surface area (Å²) < 4.78 is 0. The lowest BCUT2D eigenvalue weighted by Gasteiger charge is -2.26. The minimum atomic E-state index is 0.0550. The van der Waals surface area contributed by atoms with Crippen molar-refractivity contribution in [1.29, 1.82) is 0 Å². The summed E-state index contributed by atoms with van der Waals surface area (Å²) in [7, 11) is 0. The molecule has 4 rings (SSSR count). The van der Waals surface area contributed by atoms with Gasteiger partial charge in [0.2, 0.25) is 5.91 Å². The first-order valence-corrected chi connectivity index (χ1v) is 8.69. The average molecular weight is 331 g/mol. The molecule has 1 aromatic heterocycles. The van der Waals surface area contributed by atoms with Gasteiger partial charge in [0, 0.05) is 37.1 Å². The predicted molar refractivity (Wildman–Crippen MR) is 99.3 cm³/mol. The molecule has 4 nitrogen and oxygen atoms in total. The van der Waals surface area contributed by atoms with Gasteiger partial charge < -0.3 is 10.6 Å². The first kappa shape index (κ1) is 15.8. The van der Waals surface area contributed by atoms with E-state index in [1.54, 1.807) is 6.20 Å². The Morgan fingerprint density at radius 3 is 3.00 bits per heavy atom. The number of hydrogen-bond donors (Lipinski definition) is 2. The van der Waals surface area contributed by atoms with E-state index in [0.717, 1.165) is 29.6 Å². The third-order valence-electron chi connectivity index (χ3n) is 4.83. The van der Waals surface area contributed by atoms with E-state index in [-0.39, 0.29) is 5.91 Å². The number of carbonyl (C=O) groups is 1. The van der Waals surface area contributed by atoms with Crippen molar-refractivity contribution in [3.05, 3.63) is 77.5 Å². The standard InChI is InChI=1S/C21H21N3O/c25-21(11-15-6-3-9-20-19(15)8-4-10-23-20)24-14-17-13-22-12-16-5-1-2-7-18(16)17/h1-10,17,22H,11-14H2,(H,24,25). The molecule has 25 heavy (non-hydrogen) atoms. The number of hydrogen-bond acceptors (Lipinski definition) is 3. The SMILES string of the molecule is O=C(Cc1cccc2ncccc12)NCC1CNCc2ccccc21. The first-order valence-electron chi connectivity index (χ1n) is 8.69. The normalized spacial score (nSPS) is 16.4. The van der Waals surface area contributed by atoms with Crippen molar-refractivity contribution in [2.45, 2.75) is 18.9 Å². The van der Waals surface area contributed by atoms with Crippen LogP contribution in [0.4, 0.5) is 0 Å². The Bertz CT molecular complexity index is 901. The quantitative estimate of drug-likeness (QED) is 0.773. The van der Waals surface area contributed by atoms with Gasteiger partial charge in [0.15, 0.2) is 0 Å². The lowest BCUT2D eigenvalue weighted by atomic mass is 9.91. The summed E-state index contributed by atoms with van der Waals surface area (Å²) in [5, 5.41) is 7.58. The molecule has 0 bridgehead atoms. The monoisotopic (exact) mass is 331 g/mol. The van der Waals surface area contributed by atoms with Crippen molar-refractivity contribution in [3.63, 3.8) is 0 Å². The number of nitrogens with zero attached hydrogens (tertiary/aromatic N) is 1. The molecular weight excluding hydrogens is 310 g/mol. The van der Waals surface area contributed by atoms with E-state index in [1.165, 1.54) is 11.1 Å². The molecule has 4 heteroatoms. The maximum absolute atomic E-state index is 12.5. The second kappa shape index (κ2) is 7.03. The van der Waals surface area contributed by atoms with E-state index in [1.807, 2.05) is 30.3 Å². The molecule has 3 aromatic rings. The van der Waals surface area contributed by atoms with Crippen LogP contribution in [0.25, 0.3) is 10.9 Å². The van der Waals surface area contributed by atoms with Gasteiger partial charge >= 0.3 is 0 Å². The summed E-state index contributed by atoms with van der Waals surface area (Å²) >= 11 is 0. The number of benzene rings is 2. The van der Waals surface area contributed by atoms with Crippen LogP contribution in [0.1, 0.15) is 22.6 Å². The number of amides is 1. The fourth-order valence-corrected chi connectivity index (χ4v) is 3.56. The maximum atomic E-state index is 12.5. The van der Waals surface area contributed by atoms with Crippen molar-refractivity contribution in [3.8, 4) is 0 Å². The van der Waals surface area contributed by atoms with Gasteiger partial charge in [-0.05, 0) is 28.8 Å². The van der Waals surface area contributed by atoms with E-state index in [2.05, 4.69) is 39.9 Å². The number of pyridine rings is 1. The molecule has 0 saturated carbocycles. The third-order valence-corrected chi connectivity index (χ3v) is 4.83. The largest absolute Gasteiger partial charge is 0.355 e. The smallest absolute Gasteiger partial charge is 0.224 e. The van der Waals surface area contributed by atoms with Crippen molar-refractivity contribution in [2.75, 3.05) is 13.1 Å². The lowest BCUT2D eigenvalue weighted by molar-refractivity contribution is -0.120. The molecule has 1 amide bonds. The van der Waals surface area contributed by atoms with Gasteiger partial charge in [-0.1, -0.05) is 42.5 Å². The highest BCUT2D eigenvalue weighted by Crippen LogP contribution is 2.23. The molecule has 1 aliphatic heterocycles. The number of carbonyl (C=O) groups excluding carboxylic acids is 1. The van der Waals surface area contributed by atoms with Crippen LogP contribution in [0.2, 0.25) is 0 Å².